The minimum Gasteiger partial charge on any atom is -0.384 e. The van der Waals surface area contributed by atoms with E-state index < -0.39 is 5.60 Å². The first-order valence-corrected chi connectivity index (χ1v) is 7.23. The molecule has 22 heavy (non-hydrogen) atoms. The van der Waals surface area contributed by atoms with Crippen molar-refractivity contribution in [3.05, 3.63) is 52.2 Å². The van der Waals surface area contributed by atoms with E-state index in [1.807, 2.05) is 44.1 Å². The van der Waals surface area contributed by atoms with E-state index in [1.165, 1.54) is 0 Å². The molecule has 6 heteroatoms. The Morgan fingerprint density at radius 1 is 1.23 bits per heavy atom. The van der Waals surface area contributed by atoms with Crippen molar-refractivity contribution >= 4 is 28.9 Å². The van der Waals surface area contributed by atoms with Crippen molar-refractivity contribution in [2.24, 2.45) is 10.7 Å². The zero-order valence-electron chi connectivity index (χ0n) is 12.6. The van der Waals surface area contributed by atoms with Crippen LogP contribution in [0.25, 0.3) is 0 Å². The normalized spacial score (nSPS) is 19.8. The van der Waals surface area contributed by atoms with Crippen molar-refractivity contribution in [1.82, 2.24) is 4.98 Å². The summed E-state index contributed by atoms with van der Waals surface area (Å²) in [6.07, 6.45) is 1.54. The van der Waals surface area contributed by atoms with Gasteiger partial charge in [-0.25, -0.2) is 9.98 Å². The van der Waals surface area contributed by atoms with E-state index in [1.54, 1.807) is 12.3 Å². The Labute approximate surface area is 134 Å². The largest absolute Gasteiger partial charge is 0.384 e. The second kappa shape index (κ2) is 4.97. The standard InChI is InChI=1S/C16H17ClN4O/c1-9-4-5-13-11(6-9)16(22,15(18)20-13)12-7-10(17)8-19-14(12)21(2)3/h4-8,22H,1-3H3,(H2,18,20). The van der Waals surface area contributed by atoms with Crippen molar-refractivity contribution < 1.29 is 5.11 Å². The van der Waals surface area contributed by atoms with E-state index in [4.69, 9.17) is 17.3 Å². The number of fused-ring (bicyclic) bond motifs is 1. The Morgan fingerprint density at radius 2 is 1.95 bits per heavy atom. The number of benzene rings is 1. The second-order valence-electron chi connectivity index (χ2n) is 5.65. The van der Waals surface area contributed by atoms with Crippen molar-refractivity contribution in [3.8, 4) is 0 Å². The molecule has 1 atom stereocenters. The quantitative estimate of drug-likeness (QED) is 0.892. The first-order chi connectivity index (χ1) is 10.3. The Bertz CT molecular complexity index is 788. The Morgan fingerprint density at radius 3 is 2.64 bits per heavy atom. The van der Waals surface area contributed by atoms with Crippen LogP contribution in [0.4, 0.5) is 11.5 Å². The van der Waals surface area contributed by atoms with E-state index in [-0.39, 0.29) is 5.84 Å². The molecule has 2 heterocycles. The first-order valence-electron chi connectivity index (χ1n) is 6.85. The van der Waals surface area contributed by atoms with E-state index in [0.29, 0.717) is 27.7 Å². The van der Waals surface area contributed by atoms with Crippen LogP contribution in [0.2, 0.25) is 5.02 Å². The molecule has 114 valence electrons. The van der Waals surface area contributed by atoms with Gasteiger partial charge < -0.3 is 15.7 Å². The number of aliphatic imine (C=N–C) groups is 1. The summed E-state index contributed by atoms with van der Waals surface area (Å²) in [6, 6.07) is 7.36. The smallest absolute Gasteiger partial charge is 0.178 e. The third-order valence-electron chi connectivity index (χ3n) is 3.80. The summed E-state index contributed by atoms with van der Waals surface area (Å²) >= 11 is 6.10. The Balaban J connectivity index is 2.31. The van der Waals surface area contributed by atoms with Gasteiger partial charge in [-0.05, 0) is 19.1 Å². The van der Waals surface area contributed by atoms with Crippen LogP contribution in [0, 0.1) is 6.92 Å². The van der Waals surface area contributed by atoms with Crippen molar-refractivity contribution in [1.29, 1.82) is 0 Å². The van der Waals surface area contributed by atoms with Crippen LogP contribution in [0.15, 0.2) is 35.5 Å². The molecule has 0 saturated carbocycles. The molecule has 3 rings (SSSR count). The van der Waals surface area contributed by atoms with Crippen molar-refractivity contribution in [3.63, 3.8) is 0 Å². The number of hydrogen-bond donors (Lipinski definition) is 2. The molecule has 0 saturated heterocycles. The van der Waals surface area contributed by atoms with Crippen LogP contribution >= 0.6 is 11.6 Å². The zero-order valence-corrected chi connectivity index (χ0v) is 13.4. The molecule has 0 amide bonds. The zero-order chi connectivity index (χ0) is 16.1. The Kier molecular flexibility index (Phi) is 3.34. The van der Waals surface area contributed by atoms with Gasteiger partial charge in [-0.1, -0.05) is 29.3 Å². The molecule has 0 fully saturated rings. The lowest BCUT2D eigenvalue weighted by Crippen LogP contribution is -2.41. The van der Waals surface area contributed by atoms with Crippen LogP contribution in [0.1, 0.15) is 16.7 Å². The molecule has 2 aromatic rings. The molecule has 1 aromatic heterocycles. The summed E-state index contributed by atoms with van der Waals surface area (Å²) in [5, 5.41) is 11.8. The molecular weight excluding hydrogens is 300 g/mol. The van der Waals surface area contributed by atoms with E-state index >= 15 is 0 Å². The summed E-state index contributed by atoms with van der Waals surface area (Å²) < 4.78 is 0. The predicted octanol–water partition coefficient (Wildman–Crippen LogP) is 2.35. The number of hydrogen-bond acceptors (Lipinski definition) is 5. The minimum atomic E-state index is -1.53. The molecule has 1 unspecified atom stereocenters. The van der Waals surface area contributed by atoms with Gasteiger partial charge in [0.05, 0.1) is 10.7 Å². The maximum atomic E-state index is 11.4. The molecule has 1 aromatic carbocycles. The highest BCUT2D eigenvalue weighted by atomic mass is 35.5. The average Bonchev–Trinajstić information content (AvgIpc) is 2.71. The van der Waals surface area contributed by atoms with Crippen LogP contribution < -0.4 is 10.6 Å². The van der Waals surface area contributed by atoms with Crippen molar-refractivity contribution in [2.75, 3.05) is 19.0 Å². The third-order valence-corrected chi connectivity index (χ3v) is 4.01. The van der Waals surface area contributed by atoms with Gasteiger partial charge in [0.2, 0.25) is 0 Å². The second-order valence-corrected chi connectivity index (χ2v) is 6.08. The van der Waals surface area contributed by atoms with Gasteiger partial charge in [0, 0.05) is 31.4 Å². The molecule has 3 N–H and O–H groups in total. The number of aryl methyl sites for hydroxylation is 1. The van der Waals surface area contributed by atoms with Crippen LogP contribution in [0.3, 0.4) is 0 Å². The lowest BCUT2D eigenvalue weighted by atomic mass is 9.85. The van der Waals surface area contributed by atoms with E-state index in [9.17, 15) is 5.11 Å². The van der Waals surface area contributed by atoms with Gasteiger partial charge in [0.25, 0.3) is 0 Å². The summed E-state index contributed by atoms with van der Waals surface area (Å²) in [7, 11) is 3.70. The number of amidine groups is 1. The number of aliphatic hydroxyl groups is 1. The molecule has 1 aliphatic rings. The third kappa shape index (κ3) is 2.05. The fourth-order valence-corrected chi connectivity index (χ4v) is 2.88. The Hall–Kier alpha value is -2.11. The number of halogens is 1. The molecule has 1 aliphatic heterocycles. The molecule has 0 spiro atoms. The van der Waals surface area contributed by atoms with Gasteiger partial charge in [0.1, 0.15) is 11.7 Å². The SMILES string of the molecule is Cc1ccc2c(c1)C(O)(c1cc(Cl)cnc1N(C)C)C(N)=N2. The molecule has 0 radical (unpaired) electrons. The summed E-state index contributed by atoms with van der Waals surface area (Å²) in [5.74, 6) is 0.722. The molecule has 0 aliphatic carbocycles. The maximum Gasteiger partial charge on any atom is 0.178 e. The summed E-state index contributed by atoms with van der Waals surface area (Å²) in [6.45, 7) is 1.96. The topological polar surface area (TPSA) is 74.7 Å². The number of nitrogens with two attached hydrogens (primary N) is 1. The fraction of sp³-hybridized carbons (Fsp3) is 0.250. The first kappa shape index (κ1) is 14.8. The monoisotopic (exact) mass is 316 g/mol. The summed E-state index contributed by atoms with van der Waals surface area (Å²) in [4.78, 5) is 10.4. The predicted molar refractivity (Wildman–Crippen MR) is 89.0 cm³/mol. The van der Waals surface area contributed by atoms with Gasteiger partial charge in [-0.3, -0.25) is 0 Å². The number of pyridine rings is 1. The van der Waals surface area contributed by atoms with Crippen LogP contribution in [-0.2, 0) is 5.60 Å². The highest BCUT2D eigenvalue weighted by Gasteiger charge is 2.44. The molecule has 0 bridgehead atoms. The fourth-order valence-electron chi connectivity index (χ4n) is 2.72. The number of anilines is 1. The van der Waals surface area contributed by atoms with Gasteiger partial charge in [-0.2, -0.15) is 0 Å². The lowest BCUT2D eigenvalue weighted by Gasteiger charge is -2.29. The van der Waals surface area contributed by atoms with E-state index in [0.717, 1.165) is 5.56 Å². The maximum absolute atomic E-state index is 11.4. The number of rotatable bonds is 2. The lowest BCUT2D eigenvalue weighted by molar-refractivity contribution is 0.158. The molecular formula is C16H17ClN4O. The highest BCUT2D eigenvalue weighted by Crippen LogP contribution is 2.44. The number of aromatic nitrogens is 1. The average molecular weight is 317 g/mol. The van der Waals surface area contributed by atoms with Gasteiger partial charge in [-0.15, -0.1) is 0 Å². The van der Waals surface area contributed by atoms with Crippen molar-refractivity contribution in [2.45, 2.75) is 12.5 Å². The van der Waals surface area contributed by atoms with Gasteiger partial charge in [0.15, 0.2) is 5.60 Å². The summed E-state index contributed by atoms with van der Waals surface area (Å²) in [5.41, 5.74) is 7.40. The minimum absolute atomic E-state index is 0.125. The number of nitrogens with zero attached hydrogens (tertiary/aromatic N) is 3. The van der Waals surface area contributed by atoms with Crippen LogP contribution in [0.5, 0.6) is 0 Å². The highest BCUT2D eigenvalue weighted by molar-refractivity contribution is 6.30. The van der Waals surface area contributed by atoms with E-state index in [2.05, 4.69) is 9.98 Å². The molecule has 5 nitrogen and oxygen atoms in total. The van der Waals surface area contributed by atoms with Crippen LogP contribution in [-0.4, -0.2) is 30.0 Å². The van der Waals surface area contributed by atoms with Gasteiger partial charge >= 0.3 is 0 Å².